The van der Waals surface area contributed by atoms with Gasteiger partial charge in [0, 0.05) is 30.0 Å². The first-order chi connectivity index (χ1) is 11.6. The Balaban J connectivity index is 1.85. The number of amides is 2. The van der Waals surface area contributed by atoms with Crippen molar-refractivity contribution in [3.05, 3.63) is 29.6 Å². The van der Waals surface area contributed by atoms with Crippen LogP contribution in [0.15, 0.2) is 29.6 Å². The molecular formula is C16H17N5O2S. The Morgan fingerprint density at radius 3 is 2.62 bits per heavy atom. The second-order valence-corrected chi connectivity index (χ2v) is 6.14. The molecule has 124 valence electrons. The van der Waals surface area contributed by atoms with Gasteiger partial charge in [-0.2, -0.15) is 4.98 Å². The van der Waals surface area contributed by atoms with Crippen molar-refractivity contribution in [3.63, 3.8) is 0 Å². The SMILES string of the molecule is CCCC(=O)Nc1nc2scc(-c3ccc(NC(C)=O)cc3)n2n1. The van der Waals surface area contributed by atoms with Crippen LogP contribution in [0.25, 0.3) is 16.2 Å². The molecule has 0 fully saturated rings. The summed E-state index contributed by atoms with van der Waals surface area (Å²) in [5.74, 6) is 0.123. The highest BCUT2D eigenvalue weighted by atomic mass is 32.1. The number of aromatic nitrogens is 3. The lowest BCUT2D eigenvalue weighted by atomic mass is 10.1. The van der Waals surface area contributed by atoms with Gasteiger partial charge in [-0.15, -0.1) is 16.4 Å². The van der Waals surface area contributed by atoms with E-state index < -0.39 is 0 Å². The number of hydrogen-bond donors (Lipinski definition) is 2. The van der Waals surface area contributed by atoms with E-state index in [1.165, 1.54) is 18.3 Å². The van der Waals surface area contributed by atoms with Crippen LogP contribution >= 0.6 is 11.3 Å². The Bertz CT molecular complexity index is 882. The van der Waals surface area contributed by atoms with Crippen LogP contribution in [0.4, 0.5) is 11.6 Å². The molecule has 0 aliphatic heterocycles. The molecule has 3 aromatic rings. The Hall–Kier alpha value is -2.74. The zero-order chi connectivity index (χ0) is 17.1. The third-order valence-corrected chi connectivity index (χ3v) is 4.13. The summed E-state index contributed by atoms with van der Waals surface area (Å²) in [6, 6.07) is 7.48. The van der Waals surface area contributed by atoms with Crippen LogP contribution in [0.3, 0.4) is 0 Å². The van der Waals surface area contributed by atoms with Gasteiger partial charge in [-0.05, 0) is 18.6 Å². The molecule has 7 nitrogen and oxygen atoms in total. The van der Waals surface area contributed by atoms with Gasteiger partial charge in [-0.25, -0.2) is 4.52 Å². The summed E-state index contributed by atoms with van der Waals surface area (Å²) in [7, 11) is 0. The van der Waals surface area contributed by atoms with Crippen molar-refractivity contribution < 1.29 is 9.59 Å². The van der Waals surface area contributed by atoms with E-state index >= 15 is 0 Å². The zero-order valence-corrected chi connectivity index (χ0v) is 14.2. The normalized spacial score (nSPS) is 10.8. The van der Waals surface area contributed by atoms with Crippen LogP contribution < -0.4 is 10.6 Å². The smallest absolute Gasteiger partial charge is 0.250 e. The maximum atomic E-state index is 11.7. The predicted molar refractivity (Wildman–Crippen MR) is 94.1 cm³/mol. The van der Waals surface area contributed by atoms with Crippen molar-refractivity contribution >= 4 is 39.7 Å². The highest BCUT2D eigenvalue weighted by Crippen LogP contribution is 2.27. The topological polar surface area (TPSA) is 88.4 Å². The molecule has 0 aliphatic carbocycles. The van der Waals surface area contributed by atoms with Crippen molar-refractivity contribution in [1.29, 1.82) is 0 Å². The number of thiazole rings is 1. The van der Waals surface area contributed by atoms with Crippen LogP contribution in [-0.2, 0) is 9.59 Å². The third-order valence-electron chi connectivity index (χ3n) is 3.31. The fourth-order valence-electron chi connectivity index (χ4n) is 2.27. The van der Waals surface area contributed by atoms with Crippen LogP contribution in [0.2, 0.25) is 0 Å². The van der Waals surface area contributed by atoms with Gasteiger partial charge in [0.25, 0.3) is 0 Å². The molecule has 8 heteroatoms. The molecule has 0 saturated carbocycles. The maximum absolute atomic E-state index is 11.7. The number of rotatable bonds is 5. The lowest BCUT2D eigenvalue weighted by Gasteiger charge is -2.03. The fourth-order valence-corrected chi connectivity index (χ4v) is 3.11. The third kappa shape index (κ3) is 3.43. The maximum Gasteiger partial charge on any atom is 0.250 e. The Morgan fingerprint density at radius 2 is 1.96 bits per heavy atom. The van der Waals surface area contributed by atoms with E-state index in [0.717, 1.165) is 23.4 Å². The molecule has 0 saturated heterocycles. The lowest BCUT2D eigenvalue weighted by Crippen LogP contribution is -2.11. The molecule has 3 rings (SSSR count). The van der Waals surface area contributed by atoms with Gasteiger partial charge in [-0.1, -0.05) is 19.1 Å². The number of hydrogen-bond acceptors (Lipinski definition) is 5. The highest BCUT2D eigenvalue weighted by Gasteiger charge is 2.13. The number of fused-ring (bicyclic) bond motifs is 1. The number of benzene rings is 1. The quantitative estimate of drug-likeness (QED) is 0.745. The van der Waals surface area contributed by atoms with Gasteiger partial charge in [0.1, 0.15) is 0 Å². The number of carbonyl (C=O) groups excluding carboxylic acids is 2. The highest BCUT2D eigenvalue weighted by molar-refractivity contribution is 7.15. The monoisotopic (exact) mass is 343 g/mol. The van der Waals surface area contributed by atoms with Crippen molar-refractivity contribution in [2.75, 3.05) is 10.6 Å². The molecular weight excluding hydrogens is 326 g/mol. The molecule has 0 atom stereocenters. The van der Waals surface area contributed by atoms with Gasteiger partial charge >= 0.3 is 0 Å². The molecule has 0 bridgehead atoms. The molecule has 24 heavy (non-hydrogen) atoms. The van der Waals surface area contributed by atoms with Gasteiger partial charge in [0.05, 0.1) is 5.69 Å². The number of carbonyl (C=O) groups is 2. The van der Waals surface area contributed by atoms with Gasteiger partial charge in [0.15, 0.2) is 0 Å². The summed E-state index contributed by atoms with van der Waals surface area (Å²) < 4.78 is 1.71. The molecule has 2 heterocycles. The molecule has 1 aromatic carbocycles. The standard InChI is InChI=1S/C16H17N5O2S/c1-3-4-14(23)18-15-19-16-21(20-15)13(9-24-16)11-5-7-12(8-6-11)17-10(2)22/h5-9H,3-4H2,1-2H3,(H,17,22)(H,18,20,23). The van der Waals surface area contributed by atoms with E-state index in [1.807, 2.05) is 36.6 Å². The van der Waals surface area contributed by atoms with E-state index in [4.69, 9.17) is 0 Å². The molecule has 2 N–H and O–H groups in total. The summed E-state index contributed by atoms with van der Waals surface area (Å²) in [6.45, 7) is 3.42. The first-order valence-electron chi connectivity index (χ1n) is 7.59. The minimum absolute atomic E-state index is 0.0861. The van der Waals surface area contributed by atoms with Gasteiger partial charge in [0.2, 0.25) is 22.7 Å². The fraction of sp³-hybridized carbons (Fsp3) is 0.250. The van der Waals surface area contributed by atoms with Crippen LogP contribution in [0.1, 0.15) is 26.7 Å². The van der Waals surface area contributed by atoms with E-state index in [1.54, 1.807) is 4.52 Å². The van der Waals surface area contributed by atoms with Gasteiger partial charge < -0.3 is 5.32 Å². The summed E-state index contributed by atoms with van der Waals surface area (Å²) in [6.07, 6.45) is 1.23. The van der Waals surface area contributed by atoms with E-state index in [2.05, 4.69) is 20.7 Å². The lowest BCUT2D eigenvalue weighted by molar-refractivity contribution is -0.116. The summed E-state index contributed by atoms with van der Waals surface area (Å²) in [5, 5.41) is 11.8. The largest absolute Gasteiger partial charge is 0.326 e. The zero-order valence-electron chi connectivity index (χ0n) is 13.4. The first kappa shape index (κ1) is 16.1. The molecule has 0 radical (unpaired) electrons. The molecule has 0 spiro atoms. The first-order valence-corrected chi connectivity index (χ1v) is 8.47. The minimum Gasteiger partial charge on any atom is -0.326 e. The predicted octanol–water partition coefficient (Wildman–Crippen LogP) is 3.15. The van der Waals surface area contributed by atoms with Crippen molar-refractivity contribution in [3.8, 4) is 11.3 Å². The Labute approximate surface area is 142 Å². The van der Waals surface area contributed by atoms with E-state index in [9.17, 15) is 9.59 Å². The van der Waals surface area contributed by atoms with Crippen molar-refractivity contribution in [2.45, 2.75) is 26.7 Å². The van der Waals surface area contributed by atoms with Crippen molar-refractivity contribution in [1.82, 2.24) is 14.6 Å². The average Bonchev–Trinajstić information content (AvgIpc) is 3.07. The van der Waals surface area contributed by atoms with E-state index in [0.29, 0.717) is 17.3 Å². The number of nitrogens with one attached hydrogen (secondary N) is 2. The minimum atomic E-state index is -0.107. The Morgan fingerprint density at radius 1 is 1.21 bits per heavy atom. The van der Waals surface area contributed by atoms with Crippen LogP contribution in [0.5, 0.6) is 0 Å². The molecule has 2 amide bonds. The van der Waals surface area contributed by atoms with E-state index in [-0.39, 0.29) is 11.8 Å². The number of nitrogens with zero attached hydrogens (tertiary/aromatic N) is 3. The molecule has 0 unspecified atom stereocenters. The average molecular weight is 343 g/mol. The molecule has 0 aliphatic rings. The second-order valence-electron chi connectivity index (χ2n) is 5.31. The number of anilines is 2. The van der Waals surface area contributed by atoms with Crippen LogP contribution in [-0.4, -0.2) is 26.4 Å². The summed E-state index contributed by atoms with van der Waals surface area (Å²) in [4.78, 5) is 27.8. The summed E-state index contributed by atoms with van der Waals surface area (Å²) in [5.41, 5.74) is 2.57. The molecule has 2 aromatic heterocycles. The van der Waals surface area contributed by atoms with Crippen LogP contribution in [0, 0.1) is 0 Å². The second kappa shape index (κ2) is 6.79. The van der Waals surface area contributed by atoms with Crippen molar-refractivity contribution in [2.24, 2.45) is 0 Å². The summed E-state index contributed by atoms with van der Waals surface area (Å²) >= 11 is 1.45. The van der Waals surface area contributed by atoms with Gasteiger partial charge in [-0.3, -0.25) is 14.9 Å². The Kier molecular flexibility index (Phi) is 4.57.